The summed E-state index contributed by atoms with van der Waals surface area (Å²) in [5.74, 6) is 0. The molecule has 52 valence electrons. The maximum absolute atomic E-state index is 9.98. The van der Waals surface area contributed by atoms with Gasteiger partial charge >= 0.3 is 0 Å². The van der Waals surface area contributed by atoms with E-state index in [0.29, 0.717) is 6.29 Å². The van der Waals surface area contributed by atoms with E-state index in [1.54, 1.807) is 0 Å². The van der Waals surface area contributed by atoms with Crippen LogP contribution in [0.15, 0.2) is 12.0 Å². The average molecular weight is 129 g/mol. The predicted octanol–water partition coefficient (Wildman–Crippen LogP) is 0.583. The van der Waals surface area contributed by atoms with Gasteiger partial charge in [0.2, 0.25) is 0 Å². The molecule has 0 aromatic rings. The maximum Gasteiger partial charge on any atom is 0.169 e. The van der Waals surface area contributed by atoms with Crippen molar-refractivity contribution in [2.75, 3.05) is 0 Å². The quantitative estimate of drug-likeness (QED) is 0.333. The lowest BCUT2D eigenvalue weighted by molar-refractivity contribution is -0.105. The second-order valence-corrected chi connectivity index (χ2v) is 2.00. The number of aliphatic hydroxyl groups excluding tert-OH is 1. The van der Waals surface area contributed by atoms with E-state index in [2.05, 4.69) is 5.32 Å². The summed E-state index contributed by atoms with van der Waals surface area (Å²) in [6.45, 7) is 3.76. The van der Waals surface area contributed by atoms with Crippen LogP contribution in [0.3, 0.4) is 0 Å². The van der Waals surface area contributed by atoms with Crippen LogP contribution in [-0.2, 0) is 4.79 Å². The Kier molecular flexibility index (Phi) is 3.51. The molecule has 0 saturated heterocycles. The zero-order valence-corrected chi connectivity index (χ0v) is 5.59. The van der Waals surface area contributed by atoms with Crippen molar-refractivity contribution in [1.82, 2.24) is 5.32 Å². The van der Waals surface area contributed by atoms with Crippen LogP contribution in [0, 0.1) is 0 Å². The highest BCUT2D eigenvalue weighted by Gasteiger charge is 1.94. The summed E-state index contributed by atoms with van der Waals surface area (Å²) in [7, 11) is 0. The highest BCUT2D eigenvalue weighted by Crippen LogP contribution is 1.84. The molecule has 3 heteroatoms. The Morgan fingerprint density at radius 3 is 2.33 bits per heavy atom. The van der Waals surface area contributed by atoms with E-state index in [9.17, 15) is 4.79 Å². The van der Waals surface area contributed by atoms with Crippen LogP contribution in [0.25, 0.3) is 0 Å². The van der Waals surface area contributed by atoms with Gasteiger partial charge in [0.1, 0.15) is 12.0 Å². The molecule has 0 aliphatic heterocycles. The summed E-state index contributed by atoms with van der Waals surface area (Å²) in [4.78, 5) is 9.98. The predicted molar refractivity (Wildman–Crippen MR) is 35.0 cm³/mol. The zero-order valence-electron chi connectivity index (χ0n) is 5.59. The number of hydrogen-bond donors (Lipinski definition) is 2. The molecule has 0 bridgehead atoms. The van der Waals surface area contributed by atoms with Crippen molar-refractivity contribution in [3.05, 3.63) is 12.0 Å². The summed E-state index contributed by atoms with van der Waals surface area (Å²) in [5, 5.41) is 11.0. The van der Waals surface area contributed by atoms with E-state index in [0.717, 1.165) is 6.26 Å². The van der Waals surface area contributed by atoms with Crippen molar-refractivity contribution in [3.8, 4) is 0 Å². The van der Waals surface area contributed by atoms with Crippen LogP contribution in [0.5, 0.6) is 0 Å². The molecule has 0 aromatic heterocycles. The van der Waals surface area contributed by atoms with E-state index in [4.69, 9.17) is 5.11 Å². The number of aldehydes is 1. The van der Waals surface area contributed by atoms with Gasteiger partial charge in [-0.15, -0.1) is 0 Å². The Morgan fingerprint density at radius 1 is 1.67 bits per heavy atom. The lowest BCUT2D eigenvalue weighted by Crippen LogP contribution is -2.22. The third kappa shape index (κ3) is 3.58. The topological polar surface area (TPSA) is 49.3 Å². The Balaban J connectivity index is 3.71. The minimum Gasteiger partial charge on any atom is -0.513 e. The molecule has 0 aliphatic rings. The molecule has 0 heterocycles. The molecule has 0 aromatic carbocycles. The molecule has 0 saturated carbocycles. The number of nitrogens with one attached hydrogen (secondary N) is 1. The van der Waals surface area contributed by atoms with Gasteiger partial charge in [0.15, 0.2) is 6.29 Å². The average Bonchev–Trinajstić information content (AvgIpc) is 1.82. The van der Waals surface area contributed by atoms with Crippen LogP contribution >= 0.6 is 0 Å². The number of aliphatic hydroxyl groups is 1. The zero-order chi connectivity index (χ0) is 7.28. The lowest BCUT2D eigenvalue weighted by atomic mass is 10.4. The monoisotopic (exact) mass is 129 g/mol. The summed E-state index contributed by atoms with van der Waals surface area (Å²) in [5.41, 5.74) is 0.213. The summed E-state index contributed by atoms with van der Waals surface area (Å²) in [6.07, 6.45) is 1.33. The highest BCUT2D eigenvalue weighted by atomic mass is 16.2. The molecule has 3 nitrogen and oxygen atoms in total. The van der Waals surface area contributed by atoms with Gasteiger partial charge in [-0.1, -0.05) is 0 Å². The van der Waals surface area contributed by atoms with Gasteiger partial charge in [0.25, 0.3) is 0 Å². The van der Waals surface area contributed by atoms with Gasteiger partial charge in [-0.05, 0) is 13.8 Å². The number of carbonyl (C=O) groups is 1. The first-order chi connectivity index (χ1) is 4.20. The van der Waals surface area contributed by atoms with E-state index in [-0.39, 0.29) is 11.7 Å². The normalized spacial score (nSPS) is 11.7. The first-order valence-corrected chi connectivity index (χ1v) is 2.76. The third-order valence-corrected chi connectivity index (χ3v) is 0.721. The van der Waals surface area contributed by atoms with E-state index < -0.39 is 0 Å². The summed E-state index contributed by atoms with van der Waals surface area (Å²) >= 11 is 0. The Hall–Kier alpha value is -0.990. The summed E-state index contributed by atoms with van der Waals surface area (Å²) in [6, 6.07) is 0.175. The minimum absolute atomic E-state index is 0.175. The fourth-order valence-corrected chi connectivity index (χ4v) is 0.435. The van der Waals surface area contributed by atoms with Crippen molar-refractivity contribution < 1.29 is 9.90 Å². The second-order valence-electron chi connectivity index (χ2n) is 2.00. The molecule has 0 amide bonds. The van der Waals surface area contributed by atoms with Gasteiger partial charge in [0.05, 0.1) is 0 Å². The van der Waals surface area contributed by atoms with Crippen molar-refractivity contribution in [1.29, 1.82) is 0 Å². The first-order valence-electron chi connectivity index (χ1n) is 2.76. The van der Waals surface area contributed by atoms with Crippen LogP contribution in [0.1, 0.15) is 13.8 Å². The fraction of sp³-hybridized carbons (Fsp3) is 0.500. The standard InChI is InChI=1S/C6H11NO2/c1-5(2)7-6(3-8)4-9/h3-5,7-8H,1-2H3/b6-3-. The molecule has 0 spiro atoms. The van der Waals surface area contributed by atoms with Gasteiger partial charge < -0.3 is 10.4 Å². The van der Waals surface area contributed by atoms with Crippen molar-refractivity contribution >= 4 is 6.29 Å². The Morgan fingerprint density at radius 2 is 2.22 bits per heavy atom. The third-order valence-electron chi connectivity index (χ3n) is 0.721. The highest BCUT2D eigenvalue weighted by molar-refractivity contribution is 5.71. The summed E-state index contributed by atoms with van der Waals surface area (Å²) < 4.78 is 0. The SMILES string of the molecule is CC(C)N/C(C=O)=C\O. The van der Waals surface area contributed by atoms with Gasteiger partial charge in [-0.3, -0.25) is 4.79 Å². The maximum atomic E-state index is 9.98. The number of hydrogen-bond acceptors (Lipinski definition) is 3. The Labute approximate surface area is 54.4 Å². The van der Waals surface area contributed by atoms with Crippen molar-refractivity contribution in [2.45, 2.75) is 19.9 Å². The van der Waals surface area contributed by atoms with E-state index in [1.807, 2.05) is 13.8 Å². The molecule has 0 fully saturated rings. The lowest BCUT2D eigenvalue weighted by Gasteiger charge is -2.06. The molecule has 2 N–H and O–H groups in total. The first kappa shape index (κ1) is 8.01. The molecular weight excluding hydrogens is 118 g/mol. The van der Waals surface area contributed by atoms with Crippen LogP contribution < -0.4 is 5.32 Å². The van der Waals surface area contributed by atoms with Gasteiger partial charge in [0, 0.05) is 6.04 Å². The van der Waals surface area contributed by atoms with Crippen molar-refractivity contribution in [3.63, 3.8) is 0 Å². The molecule has 9 heavy (non-hydrogen) atoms. The van der Waals surface area contributed by atoms with Crippen LogP contribution in [0.2, 0.25) is 0 Å². The van der Waals surface area contributed by atoms with Gasteiger partial charge in [-0.25, -0.2) is 0 Å². The molecule has 0 radical (unpaired) electrons. The smallest absolute Gasteiger partial charge is 0.169 e. The van der Waals surface area contributed by atoms with Crippen LogP contribution in [0.4, 0.5) is 0 Å². The Bertz CT molecular complexity index is 118. The number of rotatable bonds is 3. The number of carbonyl (C=O) groups excluding carboxylic acids is 1. The van der Waals surface area contributed by atoms with E-state index in [1.165, 1.54) is 0 Å². The molecular formula is C6H11NO2. The van der Waals surface area contributed by atoms with Crippen LogP contribution in [-0.4, -0.2) is 17.4 Å². The van der Waals surface area contributed by atoms with Crippen molar-refractivity contribution in [2.24, 2.45) is 0 Å². The molecule has 0 atom stereocenters. The fourth-order valence-electron chi connectivity index (χ4n) is 0.435. The minimum atomic E-state index is 0.175. The largest absolute Gasteiger partial charge is 0.513 e. The molecule has 0 rings (SSSR count). The second kappa shape index (κ2) is 3.95. The van der Waals surface area contributed by atoms with E-state index >= 15 is 0 Å². The van der Waals surface area contributed by atoms with Gasteiger partial charge in [-0.2, -0.15) is 0 Å². The molecule has 0 aliphatic carbocycles. The molecule has 0 unspecified atom stereocenters. The number of allylic oxidation sites excluding steroid dienone is 1.